The largest absolute Gasteiger partial charge is 0.506 e. The van der Waals surface area contributed by atoms with Crippen LogP contribution in [0.5, 0.6) is 11.5 Å². The molecule has 22 heavy (non-hydrogen) atoms. The number of rotatable bonds is 5. The average Bonchev–Trinajstić information content (AvgIpc) is 2.46. The Morgan fingerprint density at radius 3 is 1.27 bits per heavy atom. The summed E-state index contributed by atoms with van der Waals surface area (Å²) in [6, 6.07) is 9.49. The smallest absolute Gasteiger partial charge is 0.327 e. The van der Waals surface area contributed by atoms with Crippen LogP contribution < -0.4 is 0 Å². The van der Waals surface area contributed by atoms with Crippen LogP contribution in [0, 0.1) is 0 Å². The summed E-state index contributed by atoms with van der Waals surface area (Å²) in [7, 11) is -9.36. The summed E-state index contributed by atoms with van der Waals surface area (Å²) in [5.74, 6) is -1.27. The van der Waals surface area contributed by atoms with Crippen molar-refractivity contribution in [2.24, 2.45) is 0 Å². The highest BCUT2D eigenvalue weighted by Gasteiger charge is 2.27. The fourth-order valence-electron chi connectivity index (χ4n) is 1.48. The van der Waals surface area contributed by atoms with Crippen LogP contribution in [-0.2, 0) is 28.9 Å². The van der Waals surface area contributed by atoms with E-state index in [1.807, 2.05) is 0 Å². The second-order valence-electron chi connectivity index (χ2n) is 3.98. The third kappa shape index (κ3) is 3.36. The fraction of sp³-hybridized carbons (Fsp3) is 0. The molecule has 0 radical (unpaired) electrons. The molecule has 2 aromatic carbocycles. The zero-order chi connectivity index (χ0) is 16.4. The Bertz CT molecular complexity index is 811. The Morgan fingerprint density at radius 2 is 0.955 bits per heavy atom. The van der Waals surface area contributed by atoms with E-state index in [1.54, 1.807) is 0 Å². The standard InChI is InChI=1S/C12H10O8S2/c13-9-5-1-3-7-11(9)21(15,16)19-20-22(17,18)12-8-4-2-6-10(12)14/h1-8,13-14H. The third-order valence-corrected chi connectivity index (χ3v) is 4.82. The van der Waals surface area contributed by atoms with Crippen LogP contribution in [0.25, 0.3) is 0 Å². The van der Waals surface area contributed by atoms with E-state index < -0.39 is 41.5 Å². The van der Waals surface area contributed by atoms with Crippen molar-refractivity contribution in [2.75, 3.05) is 0 Å². The predicted molar refractivity (Wildman–Crippen MR) is 72.8 cm³/mol. The summed E-state index contributed by atoms with van der Waals surface area (Å²) in [6.45, 7) is 0. The fourth-order valence-corrected chi connectivity index (χ4v) is 3.35. The molecular formula is C12H10O8S2. The lowest BCUT2D eigenvalue weighted by molar-refractivity contribution is -0.0854. The van der Waals surface area contributed by atoms with Gasteiger partial charge >= 0.3 is 20.2 Å². The number of phenolic OH excluding ortho intramolecular Hbond substituents is 2. The van der Waals surface area contributed by atoms with E-state index in [-0.39, 0.29) is 0 Å². The van der Waals surface area contributed by atoms with Crippen LogP contribution in [0.3, 0.4) is 0 Å². The first-order valence-corrected chi connectivity index (χ1v) is 8.49. The monoisotopic (exact) mass is 346 g/mol. The van der Waals surface area contributed by atoms with E-state index in [1.165, 1.54) is 24.3 Å². The van der Waals surface area contributed by atoms with E-state index in [2.05, 4.69) is 8.67 Å². The molecule has 0 heterocycles. The molecule has 0 aliphatic carbocycles. The number of aromatic hydroxyl groups is 2. The van der Waals surface area contributed by atoms with Gasteiger partial charge < -0.3 is 10.2 Å². The van der Waals surface area contributed by atoms with Crippen molar-refractivity contribution in [3.05, 3.63) is 48.5 Å². The molecule has 0 aliphatic heterocycles. The number of phenols is 2. The van der Waals surface area contributed by atoms with Crippen LogP contribution in [0.15, 0.2) is 58.3 Å². The molecule has 0 bridgehead atoms. The van der Waals surface area contributed by atoms with E-state index in [0.717, 1.165) is 24.3 Å². The molecule has 0 aromatic heterocycles. The number of hydrogen-bond donors (Lipinski definition) is 2. The first-order valence-electron chi connectivity index (χ1n) is 5.68. The first-order chi connectivity index (χ1) is 10.2. The Kier molecular flexibility index (Phi) is 4.37. The Balaban J connectivity index is 2.26. The van der Waals surface area contributed by atoms with Gasteiger partial charge in [0.25, 0.3) is 0 Å². The summed E-state index contributed by atoms with van der Waals surface area (Å²) in [6.07, 6.45) is 0. The molecule has 10 heteroatoms. The molecule has 2 rings (SSSR count). The molecule has 0 saturated heterocycles. The number of benzene rings is 2. The lowest BCUT2D eigenvalue weighted by Crippen LogP contribution is -2.13. The van der Waals surface area contributed by atoms with Gasteiger partial charge in [0, 0.05) is 0 Å². The van der Waals surface area contributed by atoms with Gasteiger partial charge in [-0.05, 0) is 24.3 Å². The second-order valence-corrected chi connectivity index (χ2v) is 6.95. The van der Waals surface area contributed by atoms with E-state index >= 15 is 0 Å². The summed E-state index contributed by atoms with van der Waals surface area (Å²) in [5, 5.41) is 18.9. The van der Waals surface area contributed by atoms with Crippen molar-refractivity contribution >= 4 is 20.2 Å². The Morgan fingerprint density at radius 1 is 0.636 bits per heavy atom. The molecule has 118 valence electrons. The van der Waals surface area contributed by atoms with Crippen molar-refractivity contribution in [3.8, 4) is 11.5 Å². The highest BCUT2D eigenvalue weighted by molar-refractivity contribution is 7.89. The van der Waals surface area contributed by atoms with Gasteiger partial charge in [-0.3, -0.25) is 0 Å². The van der Waals surface area contributed by atoms with Crippen molar-refractivity contribution in [1.82, 2.24) is 0 Å². The molecule has 0 fully saturated rings. The second kappa shape index (κ2) is 5.93. The third-order valence-electron chi connectivity index (χ3n) is 2.48. The first kappa shape index (κ1) is 16.2. The topological polar surface area (TPSA) is 127 Å². The van der Waals surface area contributed by atoms with Crippen molar-refractivity contribution in [1.29, 1.82) is 0 Å². The van der Waals surface area contributed by atoms with Crippen molar-refractivity contribution in [3.63, 3.8) is 0 Å². The quantitative estimate of drug-likeness (QED) is 0.609. The van der Waals surface area contributed by atoms with Crippen LogP contribution in [0.4, 0.5) is 0 Å². The van der Waals surface area contributed by atoms with Crippen LogP contribution in [0.2, 0.25) is 0 Å². The average molecular weight is 346 g/mol. The lowest BCUT2D eigenvalue weighted by atomic mass is 10.3. The highest BCUT2D eigenvalue weighted by atomic mass is 32.2. The van der Waals surface area contributed by atoms with Crippen LogP contribution in [0.1, 0.15) is 0 Å². The molecule has 0 saturated carbocycles. The maximum absolute atomic E-state index is 11.8. The minimum absolute atomic E-state index is 0.633. The molecule has 0 aliphatic rings. The summed E-state index contributed by atoms with van der Waals surface area (Å²) in [5.41, 5.74) is 0. The SMILES string of the molecule is O=S(=O)(OOS(=O)(=O)c1ccccc1O)c1ccccc1O. The van der Waals surface area contributed by atoms with Gasteiger partial charge in [-0.2, -0.15) is 16.8 Å². The van der Waals surface area contributed by atoms with E-state index in [9.17, 15) is 27.0 Å². The summed E-state index contributed by atoms with van der Waals surface area (Å²) in [4.78, 5) is -1.33. The zero-order valence-electron chi connectivity index (χ0n) is 10.8. The predicted octanol–water partition coefficient (Wildman–Crippen LogP) is 1.12. The van der Waals surface area contributed by atoms with Gasteiger partial charge in [0.2, 0.25) is 0 Å². The van der Waals surface area contributed by atoms with Gasteiger partial charge in [0.15, 0.2) is 0 Å². The lowest BCUT2D eigenvalue weighted by Gasteiger charge is -2.07. The highest BCUT2D eigenvalue weighted by Crippen LogP contribution is 2.27. The van der Waals surface area contributed by atoms with Gasteiger partial charge in [0.05, 0.1) is 0 Å². The molecular weight excluding hydrogens is 336 g/mol. The van der Waals surface area contributed by atoms with Crippen LogP contribution in [-0.4, -0.2) is 27.0 Å². The van der Waals surface area contributed by atoms with E-state index in [0.29, 0.717) is 0 Å². The Hall–Kier alpha value is -2.14. The van der Waals surface area contributed by atoms with Gasteiger partial charge in [-0.25, -0.2) is 0 Å². The minimum Gasteiger partial charge on any atom is -0.506 e. The van der Waals surface area contributed by atoms with Gasteiger partial charge in [0.1, 0.15) is 21.3 Å². The normalized spacial score (nSPS) is 12.2. The Labute approximate surface area is 126 Å². The summed E-state index contributed by atoms with van der Waals surface area (Å²) >= 11 is 0. The molecule has 8 nitrogen and oxygen atoms in total. The number of para-hydroxylation sites is 2. The maximum atomic E-state index is 11.8. The minimum atomic E-state index is -4.68. The molecule has 2 aromatic rings. The number of hydrogen-bond acceptors (Lipinski definition) is 8. The van der Waals surface area contributed by atoms with Gasteiger partial charge in [-0.15, -0.1) is 0 Å². The molecule has 0 amide bonds. The summed E-state index contributed by atoms with van der Waals surface area (Å²) < 4.78 is 55.1. The molecule has 0 spiro atoms. The maximum Gasteiger partial charge on any atom is 0.327 e. The molecule has 2 N–H and O–H groups in total. The van der Waals surface area contributed by atoms with Crippen molar-refractivity contribution < 1.29 is 35.7 Å². The molecule has 0 unspecified atom stereocenters. The zero-order valence-corrected chi connectivity index (χ0v) is 12.4. The van der Waals surface area contributed by atoms with E-state index in [4.69, 9.17) is 0 Å². The van der Waals surface area contributed by atoms with Gasteiger partial charge in [-0.1, -0.05) is 32.9 Å². The van der Waals surface area contributed by atoms with Crippen molar-refractivity contribution in [2.45, 2.75) is 9.79 Å². The molecule has 0 atom stereocenters. The van der Waals surface area contributed by atoms with Crippen LogP contribution >= 0.6 is 0 Å².